The first-order valence-corrected chi connectivity index (χ1v) is 12.3. The molecule has 36 heavy (non-hydrogen) atoms. The highest BCUT2D eigenvalue weighted by Crippen LogP contribution is 2.28. The Morgan fingerprint density at radius 2 is 1.47 bits per heavy atom. The van der Waals surface area contributed by atoms with Gasteiger partial charge < -0.3 is 37.0 Å². The number of hydrogen-bond donors (Lipinski definition) is 7. The Morgan fingerprint density at radius 3 is 1.97 bits per heavy atom. The number of nitrogens with one attached hydrogen (secondary N) is 3. The third-order valence-electron chi connectivity index (χ3n) is 5.62. The molecule has 0 aliphatic carbocycles. The summed E-state index contributed by atoms with van der Waals surface area (Å²) in [5.41, 5.74) is 5.17. The molecule has 0 aromatic heterocycles. The Morgan fingerprint density at radius 1 is 0.861 bits per heavy atom. The first-order valence-electron chi connectivity index (χ1n) is 12.3. The Labute approximate surface area is 212 Å². The highest BCUT2D eigenvalue weighted by molar-refractivity contribution is 5.90. The van der Waals surface area contributed by atoms with Gasteiger partial charge in [0, 0.05) is 12.8 Å². The number of carboxylic acids is 2. The molecule has 12 nitrogen and oxygen atoms in total. The average Bonchev–Trinajstić information content (AvgIpc) is 2.73. The molecule has 0 aliphatic rings. The molecule has 0 aromatic rings. The van der Waals surface area contributed by atoms with E-state index in [0.29, 0.717) is 18.8 Å². The molecular weight excluding hydrogens is 472 g/mol. The van der Waals surface area contributed by atoms with Crippen molar-refractivity contribution >= 4 is 29.7 Å². The van der Waals surface area contributed by atoms with Crippen LogP contribution in [0.5, 0.6) is 0 Å². The van der Waals surface area contributed by atoms with E-state index >= 15 is 0 Å². The number of nitrogens with two attached hydrogens (primary N) is 1. The molecule has 0 saturated carbocycles. The van der Waals surface area contributed by atoms with Crippen LogP contribution in [0.4, 0.5) is 0 Å². The minimum absolute atomic E-state index is 0.179. The van der Waals surface area contributed by atoms with Gasteiger partial charge in [-0.25, -0.2) is 4.79 Å². The molecule has 0 radical (unpaired) electrons. The third-order valence-corrected chi connectivity index (χ3v) is 5.62. The fraction of sp³-hybridized carbons (Fsp3) is 0.792. The summed E-state index contributed by atoms with van der Waals surface area (Å²) in [4.78, 5) is 59.3. The maximum atomic E-state index is 12.5. The van der Waals surface area contributed by atoms with Crippen molar-refractivity contribution in [3.63, 3.8) is 0 Å². The van der Waals surface area contributed by atoms with Crippen molar-refractivity contribution in [3.05, 3.63) is 0 Å². The zero-order chi connectivity index (χ0) is 28.1. The topological polar surface area (TPSA) is 208 Å². The fourth-order valence-electron chi connectivity index (χ4n) is 4.02. The summed E-state index contributed by atoms with van der Waals surface area (Å²) < 4.78 is 0. The molecule has 3 amide bonds. The zero-order valence-electron chi connectivity index (χ0n) is 22.0. The van der Waals surface area contributed by atoms with Crippen LogP contribution in [0.15, 0.2) is 0 Å². The minimum Gasteiger partial charge on any atom is -0.480 e. The van der Waals surface area contributed by atoms with Gasteiger partial charge in [0.1, 0.15) is 18.1 Å². The van der Waals surface area contributed by atoms with Crippen molar-refractivity contribution in [1.82, 2.24) is 16.0 Å². The molecule has 0 spiro atoms. The van der Waals surface area contributed by atoms with E-state index in [9.17, 15) is 34.2 Å². The van der Waals surface area contributed by atoms with Gasteiger partial charge in [-0.1, -0.05) is 27.7 Å². The number of amides is 3. The van der Waals surface area contributed by atoms with Crippen LogP contribution in [-0.2, 0) is 24.0 Å². The highest BCUT2D eigenvalue weighted by atomic mass is 16.4. The van der Waals surface area contributed by atoms with E-state index < -0.39 is 47.9 Å². The lowest BCUT2D eigenvalue weighted by molar-refractivity contribution is -0.142. The molecule has 0 fully saturated rings. The van der Waals surface area contributed by atoms with Crippen molar-refractivity contribution in [3.8, 4) is 0 Å². The van der Waals surface area contributed by atoms with Gasteiger partial charge in [-0.05, 0) is 50.4 Å². The van der Waals surface area contributed by atoms with Crippen LogP contribution in [0.1, 0.15) is 79.6 Å². The smallest absolute Gasteiger partial charge is 0.326 e. The van der Waals surface area contributed by atoms with Crippen LogP contribution >= 0.6 is 0 Å². The summed E-state index contributed by atoms with van der Waals surface area (Å²) in [6.07, 6.45) is 1.47. The first-order chi connectivity index (χ1) is 16.6. The summed E-state index contributed by atoms with van der Waals surface area (Å²) in [5, 5.41) is 35.2. The molecule has 12 heteroatoms. The maximum absolute atomic E-state index is 12.5. The number of aliphatic hydroxyl groups is 1. The average molecular weight is 517 g/mol. The van der Waals surface area contributed by atoms with Crippen molar-refractivity contribution < 1.29 is 39.3 Å². The van der Waals surface area contributed by atoms with E-state index in [2.05, 4.69) is 29.8 Å². The second-order valence-electron chi connectivity index (χ2n) is 10.5. The van der Waals surface area contributed by atoms with E-state index in [0.717, 1.165) is 6.42 Å². The third kappa shape index (κ3) is 14.6. The lowest BCUT2D eigenvalue weighted by Gasteiger charge is -2.27. The van der Waals surface area contributed by atoms with Gasteiger partial charge in [0.2, 0.25) is 17.7 Å². The highest BCUT2D eigenvalue weighted by Gasteiger charge is 2.27. The molecule has 208 valence electrons. The van der Waals surface area contributed by atoms with E-state index in [1.807, 2.05) is 13.8 Å². The van der Waals surface area contributed by atoms with Crippen LogP contribution in [0.25, 0.3) is 0 Å². The van der Waals surface area contributed by atoms with Crippen molar-refractivity contribution in [2.45, 2.75) is 104 Å². The first kappa shape index (κ1) is 33.3. The van der Waals surface area contributed by atoms with Gasteiger partial charge in [-0.2, -0.15) is 0 Å². The number of aliphatic carboxylic acids is 2. The largest absolute Gasteiger partial charge is 0.480 e. The Hall–Kier alpha value is -2.73. The summed E-state index contributed by atoms with van der Waals surface area (Å²) in [6.45, 7) is 9.13. The molecule has 8 N–H and O–H groups in total. The van der Waals surface area contributed by atoms with Crippen molar-refractivity contribution in [1.29, 1.82) is 0 Å². The lowest BCUT2D eigenvalue weighted by atomic mass is 9.81. The second kappa shape index (κ2) is 16.1. The Balaban J connectivity index is 4.68. The predicted molar refractivity (Wildman–Crippen MR) is 133 cm³/mol. The molecule has 4 unspecified atom stereocenters. The van der Waals surface area contributed by atoms with Crippen LogP contribution in [0.2, 0.25) is 0 Å². The maximum Gasteiger partial charge on any atom is 0.326 e. The number of rotatable bonds is 18. The fourth-order valence-corrected chi connectivity index (χ4v) is 4.02. The summed E-state index contributed by atoms with van der Waals surface area (Å²) in [6, 6.07) is -3.97. The molecule has 0 aliphatic heterocycles. The van der Waals surface area contributed by atoms with Gasteiger partial charge in [0.05, 0.1) is 12.6 Å². The molecular formula is C24H44N4O8. The molecule has 0 aromatic carbocycles. The molecule has 0 rings (SSSR count). The number of carboxylic acid groups (broad SMARTS) is 2. The molecule has 0 saturated heterocycles. The van der Waals surface area contributed by atoms with Gasteiger partial charge in [-0.3, -0.25) is 19.2 Å². The van der Waals surface area contributed by atoms with Gasteiger partial charge >= 0.3 is 11.9 Å². The number of carbonyl (C=O) groups is 5. The second-order valence-corrected chi connectivity index (χ2v) is 10.5. The number of carbonyl (C=O) groups excluding carboxylic acids is 3. The summed E-state index contributed by atoms with van der Waals surface area (Å²) in [5.74, 6) is -3.57. The van der Waals surface area contributed by atoms with E-state index in [4.69, 9.17) is 10.8 Å². The van der Waals surface area contributed by atoms with Gasteiger partial charge in [0.15, 0.2) is 0 Å². The summed E-state index contributed by atoms with van der Waals surface area (Å²) >= 11 is 0. The standard InChI is InChI=1S/C24H44N4O8/c1-14(2)11-24(4,5)12-20(31)26-15(3)21(32)28-18(23(35)36)9-10-19(30)27-16(13-29)7-6-8-17(25)22(33)34/h14-18,29H,6-13,25H2,1-5H3,(H,26,31)(H,27,30)(H,28,32)(H,33,34)(H,35,36). The van der Waals surface area contributed by atoms with Crippen LogP contribution < -0.4 is 21.7 Å². The lowest BCUT2D eigenvalue weighted by Crippen LogP contribution is -2.51. The van der Waals surface area contributed by atoms with Gasteiger partial charge in [-0.15, -0.1) is 0 Å². The van der Waals surface area contributed by atoms with E-state index in [-0.39, 0.29) is 43.6 Å². The van der Waals surface area contributed by atoms with Crippen molar-refractivity contribution in [2.75, 3.05) is 6.61 Å². The quantitative estimate of drug-likeness (QED) is 0.134. The van der Waals surface area contributed by atoms with E-state index in [1.54, 1.807) is 0 Å². The van der Waals surface area contributed by atoms with Crippen LogP contribution in [0.3, 0.4) is 0 Å². The summed E-state index contributed by atoms with van der Waals surface area (Å²) in [7, 11) is 0. The van der Waals surface area contributed by atoms with Crippen molar-refractivity contribution in [2.24, 2.45) is 17.1 Å². The SMILES string of the molecule is CC(C)CC(C)(C)CC(=O)NC(C)C(=O)NC(CCC(=O)NC(CO)CCCC(N)C(=O)O)C(=O)O. The Kier molecular flexibility index (Phi) is 14.9. The monoisotopic (exact) mass is 516 g/mol. The molecule has 0 heterocycles. The van der Waals surface area contributed by atoms with Crippen LogP contribution in [0, 0.1) is 11.3 Å². The normalized spacial score (nSPS) is 14.9. The zero-order valence-corrected chi connectivity index (χ0v) is 22.0. The Bertz CT molecular complexity index is 756. The molecule has 0 bridgehead atoms. The van der Waals surface area contributed by atoms with Gasteiger partial charge in [0.25, 0.3) is 0 Å². The molecule has 4 atom stereocenters. The number of hydrogen-bond acceptors (Lipinski definition) is 7. The number of aliphatic hydroxyl groups excluding tert-OH is 1. The van der Waals surface area contributed by atoms with Crippen LogP contribution in [-0.4, -0.2) is 75.8 Å². The van der Waals surface area contributed by atoms with E-state index in [1.165, 1.54) is 6.92 Å². The predicted octanol–water partition coefficient (Wildman–Crippen LogP) is 0.362. The minimum atomic E-state index is -1.35.